The molecule has 0 spiro atoms. The van der Waals surface area contributed by atoms with Gasteiger partial charge in [-0.3, -0.25) is 24.0 Å². The second kappa shape index (κ2) is 13.1. The van der Waals surface area contributed by atoms with Gasteiger partial charge in [-0.15, -0.1) is 0 Å². The van der Waals surface area contributed by atoms with Crippen LogP contribution in [0.25, 0.3) is 0 Å². The van der Waals surface area contributed by atoms with Gasteiger partial charge in [-0.25, -0.2) is 4.79 Å². The molecule has 4 atom stereocenters. The van der Waals surface area contributed by atoms with Crippen LogP contribution in [0, 0.1) is 5.92 Å². The number of carbonyl (C=O) groups excluding carboxylic acids is 4. The molecule has 0 radical (unpaired) electrons. The van der Waals surface area contributed by atoms with Crippen molar-refractivity contribution in [3.05, 3.63) is 0 Å². The molecular formula is C17H29N5O8. The summed E-state index contributed by atoms with van der Waals surface area (Å²) in [6.45, 7) is 2.86. The molecule has 0 saturated heterocycles. The highest BCUT2D eigenvalue weighted by atomic mass is 16.4. The summed E-state index contributed by atoms with van der Waals surface area (Å²) in [6, 6.07) is -4.13. The van der Waals surface area contributed by atoms with Crippen molar-refractivity contribution in [1.29, 1.82) is 0 Å². The van der Waals surface area contributed by atoms with Crippen molar-refractivity contribution < 1.29 is 39.0 Å². The number of primary amides is 1. The van der Waals surface area contributed by atoms with Crippen molar-refractivity contribution in [2.24, 2.45) is 17.4 Å². The molecule has 30 heavy (non-hydrogen) atoms. The van der Waals surface area contributed by atoms with Crippen LogP contribution in [0.4, 0.5) is 0 Å². The summed E-state index contributed by atoms with van der Waals surface area (Å²) in [5.41, 5.74) is 10.2. The maximum atomic E-state index is 12.6. The second-order valence-electron chi connectivity index (χ2n) is 6.70. The number of nitrogens with two attached hydrogens (primary N) is 2. The van der Waals surface area contributed by atoms with Crippen LogP contribution in [-0.4, -0.2) is 70.5 Å². The first-order valence-electron chi connectivity index (χ1n) is 9.25. The van der Waals surface area contributed by atoms with Crippen LogP contribution >= 0.6 is 0 Å². The zero-order chi connectivity index (χ0) is 23.4. The van der Waals surface area contributed by atoms with Crippen LogP contribution in [0.3, 0.4) is 0 Å². The molecule has 13 heteroatoms. The predicted molar refractivity (Wildman–Crippen MR) is 103 cm³/mol. The Balaban J connectivity index is 5.51. The number of carboxylic acid groups (broad SMARTS) is 2. The van der Waals surface area contributed by atoms with E-state index in [1.807, 2.05) is 0 Å². The van der Waals surface area contributed by atoms with E-state index in [9.17, 15) is 33.9 Å². The van der Waals surface area contributed by atoms with Crippen LogP contribution < -0.4 is 27.4 Å². The van der Waals surface area contributed by atoms with Crippen molar-refractivity contribution in [2.75, 3.05) is 6.54 Å². The molecule has 0 saturated carbocycles. The summed E-state index contributed by atoms with van der Waals surface area (Å²) >= 11 is 0. The van der Waals surface area contributed by atoms with Gasteiger partial charge in [0.15, 0.2) is 0 Å². The monoisotopic (exact) mass is 431 g/mol. The Kier molecular flexibility index (Phi) is 11.7. The van der Waals surface area contributed by atoms with E-state index in [1.54, 1.807) is 13.8 Å². The highest BCUT2D eigenvalue weighted by Gasteiger charge is 2.32. The number of aliphatic carboxylic acids is 2. The fraction of sp³-hybridized carbons (Fsp3) is 0.647. The maximum Gasteiger partial charge on any atom is 0.326 e. The number of amides is 4. The van der Waals surface area contributed by atoms with E-state index in [0.29, 0.717) is 6.42 Å². The molecule has 0 bridgehead atoms. The Morgan fingerprint density at radius 1 is 0.933 bits per heavy atom. The molecule has 0 aliphatic rings. The molecule has 0 aliphatic carbocycles. The van der Waals surface area contributed by atoms with Gasteiger partial charge in [0.2, 0.25) is 23.6 Å². The molecule has 0 aromatic heterocycles. The number of hydrogen-bond donors (Lipinski definition) is 7. The molecule has 0 aromatic rings. The van der Waals surface area contributed by atoms with E-state index >= 15 is 0 Å². The first-order chi connectivity index (χ1) is 13.9. The number of carbonyl (C=O) groups is 6. The molecule has 0 fully saturated rings. The standard InChI is InChI=1S/C17H29N5O8/c1-3-8(2)14(17(29)30)22-15(27)9(4-5-13(25)26)21-16(28)10(6-11(19)23)20-12(24)7-18/h8-10,14H,3-7,18H2,1-2H3,(H2,19,23)(H,20,24)(H,21,28)(H,22,27)(H,25,26)(H,29,30)/t8-,9-,10-,14-/m0/s1. The van der Waals surface area contributed by atoms with Crippen molar-refractivity contribution in [2.45, 2.75) is 57.7 Å². The molecule has 170 valence electrons. The molecule has 0 heterocycles. The van der Waals surface area contributed by atoms with Crippen molar-refractivity contribution in [1.82, 2.24) is 16.0 Å². The quantitative estimate of drug-likeness (QED) is 0.151. The molecule has 13 nitrogen and oxygen atoms in total. The summed E-state index contributed by atoms with van der Waals surface area (Å²) in [5, 5.41) is 24.9. The number of rotatable bonds is 14. The maximum absolute atomic E-state index is 12.6. The summed E-state index contributed by atoms with van der Waals surface area (Å²) in [4.78, 5) is 70.0. The lowest BCUT2D eigenvalue weighted by Crippen LogP contribution is -2.57. The Hall–Kier alpha value is -3.22. The lowest BCUT2D eigenvalue weighted by molar-refractivity contribution is -0.144. The molecule has 0 aliphatic heterocycles. The Labute approximate surface area is 172 Å². The van der Waals surface area contributed by atoms with Gasteiger partial charge in [0.05, 0.1) is 13.0 Å². The summed E-state index contributed by atoms with van der Waals surface area (Å²) in [5.74, 6) is -6.54. The fourth-order valence-electron chi connectivity index (χ4n) is 2.41. The normalized spacial score (nSPS) is 14.5. The minimum absolute atomic E-state index is 0.353. The summed E-state index contributed by atoms with van der Waals surface area (Å²) in [7, 11) is 0. The molecule has 0 unspecified atom stereocenters. The Morgan fingerprint density at radius 2 is 1.50 bits per heavy atom. The molecule has 0 rings (SSSR count). The molecule has 0 aromatic carbocycles. The zero-order valence-electron chi connectivity index (χ0n) is 16.8. The summed E-state index contributed by atoms with van der Waals surface area (Å²) < 4.78 is 0. The molecule has 9 N–H and O–H groups in total. The van der Waals surface area contributed by atoms with Crippen LogP contribution in [0.5, 0.6) is 0 Å². The summed E-state index contributed by atoms with van der Waals surface area (Å²) in [6.07, 6.45) is -1.01. The number of carboxylic acids is 2. The molecule has 4 amide bonds. The zero-order valence-corrected chi connectivity index (χ0v) is 16.8. The lowest BCUT2D eigenvalue weighted by Gasteiger charge is -2.25. The van der Waals surface area contributed by atoms with Crippen molar-refractivity contribution in [3.8, 4) is 0 Å². The first kappa shape index (κ1) is 26.8. The van der Waals surface area contributed by atoms with E-state index < -0.39 is 79.0 Å². The van der Waals surface area contributed by atoms with E-state index in [4.69, 9.17) is 16.6 Å². The first-order valence-corrected chi connectivity index (χ1v) is 9.25. The largest absolute Gasteiger partial charge is 0.481 e. The van der Waals surface area contributed by atoms with Crippen LogP contribution in [0.15, 0.2) is 0 Å². The van der Waals surface area contributed by atoms with Gasteiger partial charge in [0, 0.05) is 6.42 Å². The van der Waals surface area contributed by atoms with Gasteiger partial charge >= 0.3 is 11.9 Å². The average Bonchev–Trinajstić information content (AvgIpc) is 2.66. The molecular weight excluding hydrogens is 402 g/mol. The minimum atomic E-state index is -1.44. The minimum Gasteiger partial charge on any atom is -0.481 e. The third-order valence-electron chi connectivity index (χ3n) is 4.30. The average molecular weight is 431 g/mol. The second-order valence-corrected chi connectivity index (χ2v) is 6.70. The van der Waals surface area contributed by atoms with Gasteiger partial charge in [0.25, 0.3) is 0 Å². The van der Waals surface area contributed by atoms with Gasteiger partial charge in [0.1, 0.15) is 18.1 Å². The Morgan fingerprint density at radius 3 is 1.93 bits per heavy atom. The van der Waals surface area contributed by atoms with Gasteiger partial charge in [-0.1, -0.05) is 20.3 Å². The van der Waals surface area contributed by atoms with Crippen LogP contribution in [-0.2, 0) is 28.8 Å². The Bertz CT molecular complexity index is 669. The predicted octanol–water partition coefficient (Wildman–Crippen LogP) is -2.73. The topological polar surface area (TPSA) is 231 Å². The van der Waals surface area contributed by atoms with E-state index in [1.165, 1.54) is 0 Å². The van der Waals surface area contributed by atoms with E-state index in [0.717, 1.165) is 0 Å². The number of nitrogens with one attached hydrogen (secondary N) is 3. The van der Waals surface area contributed by atoms with Gasteiger partial charge in [-0.2, -0.15) is 0 Å². The smallest absolute Gasteiger partial charge is 0.326 e. The van der Waals surface area contributed by atoms with E-state index in [-0.39, 0.29) is 6.42 Å². The lowest BCUT2D eigenvalue weighted by atomic mass is 9.98. The third-order valence-corrected chi connectivity index (χ3v) is 4.30. The van der Waals surface area contributed by atoms with Crippen molar-refractivity contribution >= 4 is 35.6 Å². The SMILES string of the molecule is CC[C@H](C)[C@H](NC(=O)[C@H](CCC(=O)O)NC(=O)[C@H](CC(N)=O)NC(=O)CN)C(=O)O. The highest BCUT2D eigenvalue weighted by molar-refractivity contribution is 5.95. The highest BCUT2D eigenvalue weighted by Crippen LogP contribution is 2.09. The van der Waals surface area contributed by atoms with Crippen LogP contribution in [0.2, 0.25) is 0 Å². The van der Waals surface area contributed by atoms with Gasteiger partial charge < -0.3 is 37.6 Å². The van der Waals surface area contributed by atoms with Gasteiger partial charge in [-0.05, 0) is 12.3 Å². The fourth-order valence-corrected chi connectivity index (χ4v) is 2.41. The third kappa shape index (κ3) is 9.82. The van der Waals surface area contributed by atoms with E-state index in [2.05, 4.69) is 16.0 Å². The van der Waals surface area contributed by atoms with Crippen LogP contribution in [0.1, 0.15) is 39.5 Å². The number of hydrogen-bond acceptors (Lipinski definition) is 7. The van der Waals surface area contributed by atoms with Crippen molar-refractivity contribution in [3.63, 3.8) is 0 Å².